The van der Waals surface area contributed by atoms with Crippen LogP contribution in [-0.2, 0) is 9.53 Å². The van der Waals surface area contributed by atoms with Crippen molar-refractivity contribution in [2.45, 2.75) is 19.9 Å². The maximum atomic E-state index is 13.8. The number of hydrogen-bond acceptors (Lipinski definition) is 9. The smallest absolute Gasteiger partial charge is 0.338 e. The minimum atomic E-state index is -0.802. The summed E-state index contributed by atoms with van der Waals surface area (Å²) in [6.45, 7) is 7.57. The van der Waals surface area contributed by atoms with Gasteiger partial charge in [0.15, 0.2) is 27.8 Å². The number of ether oxygens (including phenoxy) is 4. The first-order valence-corrected chi connectivity index (χ1v) is 12.6. The first-order valence-electron chi connectivity index (χ1n) is 11.8. The zero-order valence-corrected chi connectivity index (χ0v) is 22.3. The van der Waals surface area contributed by atoms with Crippen molar-refractivity contribution in [3.63, 3.8) is 0 Å². The number of nitrogens with zero attached hydrogens (tertiary/aromatic N) is 2. The predicted octanol–water partition coefficient (Wildman–Crippen LogP) is 3.09. The van der Waals surface area contributed by atoms with Gasteiger partial charge in [-0.05, 0) is 55.3 Å². The van der Waals surface area contributed by atoms with Gasteiger partial charge in [0.1, 0.15) is 6.61 Å². The number of fused-ring (bicyclic) bond motifs is 1. The van der Waals surface area contributed by atoms with Crippen LogP contribution in [0.1, 0.15) is 31.0 Å². The van der Waals surface area contributed by atoms with E-state index in [0.29, 0.717) is 44.3 Å². The Morgan fingerprint density at radius 2 is 1.92 bits per heavy atom. The van der Waals surface area contributed by atoms with Crippen molar-refractivity contribution in [3.05, 3.63) is 91.1 Å². The number of rotatable bonds is 9. The second-order valence-corrected chi connectivity index (χ2v) is 9.25. The summed E-state index contributed by atoms with van der Waals surface area (Å²) in [5.74, 6) is 0.678. The minimum absolute atomic E-state index is 0.00437. The second kappa shape index (κ2) is 11.4. The highest BCUT2D eigenvalue weighted by atomic mass is 32.1. The molecule has 0 spiro atoms. The van der Waals surface area contributed by atoms with E-state index >= 15 is 0 Å². The molecule has 0 radical (unpaired) electrons. The van der Waals surface area contributed by atoms with Crippen molar-refractivity contribution in [2.75, 3.05) is 27.4 Å². The average molecular weight is 537 g/mol. The number of methoxy groups -OCH3 is 2. The Labute approximate surface area is 223 Å². The van der Waals surface area contributed by atoms with Crippen LogP contribution in [0.15, 0.2) is 70.1 Å². The van der Waals surface area contributed by atoms with Gasteiger partial charge in [0.25, 0.3) is 5.56 Å². The van der Waals surface area contributed by atoms with Gasteiger partial charge in [0.2, 0.25) is 0 Å². The number of hydrogen-bond donors (Lipinski definition) is 1. The third-order valence-corrected chi connectivity index (χ3v) is 6.86. The predicted molar refractivity (Wildman–Crippen MR) is 144 cm³/mol. The monoisotopic (exact) mass is 536 g/mol. The molecule has 38 heavy (non-hydrogen) atoms. The Morgan fingerprint density at radius 3 is 2.61 bits per heavy atom. The molecule has 2 heterocycles. The van der Waals surface area contributed by atoms with Gasteiger partial charge in [-0.2, -0.15) is 0 Å². The Kier molecular flexibility index (Phi) is 8.02. The number of thiazole rings is 1. The zero-order valence-electron chi connectivity index (χ0n) is 21.5. The van der Waals surface area contributed by atoms with Crippen LogP contribution in [0.4, 0.5) is 0 Å². The summed E-state index contributed by atoms with van der Waals surface area (Å²) in [6, 6.07) is 9.26. The summed E-state index contributed by atoms with van der Waals surface area (Å²) in [7, 11) is 2.97. The molecular weight excluding hydrogens is 508 g/mol. The van der Waals surface area contributed by atoms with E-state index < -0.39 is 12.0 Å². The van der Waals surface area contributed by atoms with Crippen LogP contribution in [0.25, 0.3) is 6.08 Å². The number of carbonyl (C=O) groups is 1. The van der Waals surface area contributed by atoms with Crippen LogP contribution in [-0.4, -0.2) is 43.1 Å². The molecule has 0 bridgehead atoms. The summed E-state index contributed by atoms with van der Waals surface area (Å²) < 4.78 is 23.7. The van der Waals surface area contributed by atoms with E-state index in [4.69, 9.17) is 18.9 Å². The molecule has 1 aliphatic heterocycles. The van der Waals surface area contributed by atoms with Crippen LogP contribution < -0.4 is 29.1 Å². The van der Waals surface area contributed by atoms with Crippen LogP contribution in [0, 0.1) is 0 Å². The molecule has 10 heteroatoms. The highest BCUT2D eigenvalue weighted by Gasteiger charge is 2.34. The Hall–Kier alpha value is -4.31. The van der Waals surface area contributed by atoms with E-state index in [-0.39, 0.29) is 29.2 Å². The van der Waals surface area contributed by atoms with Crippen molar-refractivity contribution in [1.29, 1.82) is 0 Å². The van der Waals surface area contributed by atoms with Crippen LogP contribution >= 0.6 is 11.3 Å². The molecule has 1 unspecified atom stereocenters. The zero-order chi connectivity index (χ0) is 27.4. The van der Waals surface area contributed by atoms with Gasteiger partial charge >= 0.3 is 5.97 Å². The molecule has 3 aromatic rings. The number of aromatic nitrogens is 1. The average Bonchev–Trinajstić information content (AvgIpc) is 3.21. The second-order valence-electron chi connectivity index (χ2n) is 8.24. The summed E-state index contributed by atoms with van der Waals surface area (Å²) in [4.78, 5) is 31.9. The van der Waals surface area contributed by atoms with E-state index in [9.17, 15) is 14.7 Å². The van der Waals surface area contributed by atoms with Gasteiger partial charge in [-0.25, -0.2) is 9.79 Å². The Bertz CT molecular complexity index is 1600. The molecule has 0 saturated heterocycles. The third kappa shape index (κ3) is 5.08. The lowest BCUT2D eigenvalue weighted by Gasteiger charge is -2.25. The molecule has 0 saturated carbocycles. The Morgan fingerprint density at radius 1 is 1.16 bits per heavy atom. The number of aromatic hydroxyl groups is 1. The minimum Gasteiger partial charge on any atom is -0.504 e. The maximum Gasteiger partial charge on any atom is 0.338 e. The molecule has 1 aromatic heterocycles. The fourth-order valence-corrected chi connectivity index (χ4v) is 5.21. The van der Waals surface area contributed by atoms with Gasteiger partial charge in [-0.15, -0.1) is 0 Å². The SMILES string of the molecule is C=CCOc1ccc(C2C(C(=O)OCC)=C(C)N=c3s/c(=C\c4ccc(O)c(OC)c4)c(=O)n32)cc1OC. The van der Waals surface area contributed by atoms with Gasteiger partial charge < -0.3 is 24.1 Å². The third-order valence-electron chi connectivity index (χ3n) is 5.88. The van der Waals surface area contributed by atoms with Crippen LogP contribution in [0.3, 0.4) is 0 Å². The maximum absolute atomic E-state index is 13.8. The van der Waals surface area contributed by atoms with Gasteiger partial charge in [0.05, 0.1) is 42.7 Å². The van der Waals surface area contributed by atoms with E-state index in [1.54, 1.807) is 56.3 Å². The highest BCUT2D eigenvalue weighted by Crippen LogP contribution is 2.36. The normalized spacial score (nSPS) is 14.9. The molecule has 2 aromatic carbocycles. The van der Waals surface area contributed by atoms with Gasteiger partial charge in [-0.3, -0.25) is 9.36 Å². The fourth-order valence-electron chi connectivity index (χ4n) is 4.16. The standard InChI is InChI=1S/C28H28N2O7S/c1-6-12-37-20-11-9-18(15-22(20)35-5)25-24(27(33)36-7-2)16(3)29-28-30(25)26(32)23(38-28)14-17-8-10-19(31)21(13-17)34-4/h6,8-11,13-15,25,31H,1,7,12H2,2-5H3/b23-14-. The number of phenols is 1. The molecule has 198 valence electrons. The highest BCUT2D eigenvalue weighted by molar-refractivity contribution is 7.07. The Balaban J connectivity index is 1.93. The molecule has 1 N–H and O–H groups in total. The molecule has 4 rings (SSSR count). The summed E-state index contributed by atoms with van der Waals surface area (Å²) in [5, 5.41) is 9.92. The van der Waals surface area contributed by atoms with Crippen molar-refractivity contribution < 1.29 is 28.8 Å². The van der Waals surface area contributed by atoms with Crippen LogP contribution in [0.2, 0.25) is 0 Å². The van der Waals surface area contributed by atoms with Gasteiger partial charge in [-0.1, -0.05) is 36.1 Å². The lowest BCUT2D eigenvalue weighted by Crippen LogP contribution is -2.40. The van der Waals surface area contributed by atoms with Crippen molar-refractivity contribution >= 4 is 23.4 Å². The molecule has 0 amide bonds. The molecule has 0 fully saturated rings. The number of esters is 1. The molecule has 9 nitrogen and oxygen atoms in total. The first-order chi connectivity index (χ1) is 18.3. The number of benzene rings is 2. The summed E-state index contributed by atoms with van der Waals surface area (Å²) in [6.07, 6.45) is 3.32. The molecule has 1 atom stereocenters. The lowest BCUT2D eigenvalue weighted by molar-refractivity contribution is -0.139. The van der Waals surface area contributed by atoms with Crippen molar-refractivity contribution in [1.82, 2.24) is 4.57 Å². The molecule has 0 aliphatic carbocycles. The fraction of sp³-hybridized carbons (Fsp3) is 0.250. The summed E-state index contributed by atoms with van der Waals surface area (Å²) >= 11 is 1.20. The van der Waals surface area contributed by atoms with Crippen molar-refractivity contribution in [2.24, 2.45) is 4.99 Å². The first kappa shape index (κ1) is 26.7. The van der Waals surface area contributed by atoms with E-state index in [1.807, 2.05) is 0 Å². The lowest BCUT2D eigenvalue weighted by atomic mass is 9.95. The summed E-state index contributed by atoms with van der Waals surface area (Å²) in [5.41, 5.74) is 1.68. The largest absolute Gasteiger partial charge is 0.504 e. The number of carbonyl (C=O) groups excluding carboxylic acids is 1. The molecular formula is C28H28N2O7S. The van der Waals surface area contributed by atoms with Gasteiger partial charge in [0, 0.05) is 0 Å². The number of phenolic OH excluding ortho intramolecular Hbond substituents is 1. The van der Waals surface area contributed by atoms with E-state index in [2.05, 4.69) is 11.6 Å². The van der Waals surface area contributed by atoms with Crippen LogP contribution in [0.5, 0.6) is 23.0 Å². The van der Waals surface area contributed by atoms with E-state index in [0.717, 1.165) is 0 Å². The quantitative estimate of drug-likeness (QED) is 0.331. The molecule has 1 aliphatic rings. The topological polar surface area (TPSA) is 109 Å². The number of allylic oxidation sites excluding steroid dienone is 1. The van der Waals surface area contributed by atoms with Crippen molar-refractivity contribution in [3.8, 4) is 23.0 Å². The van der Waals surface area contributed by atoms with E-state index in [1.165, 1.54) is 36.2 Å².